The van der Waals surface area contributed by atoms with Gasteiger partial charge in [-0.05, 0) is 25.0 Å². The molecule has 1 rings (SSSR count). The van der Waals surface area contributed by atoms with Crippen molar-refractivity contribution in [2.24, 2.45) is 5.84 Å². The first-order valence-electron chi connectivity index (χ1n) is 5.66. The average molecular weight is 278 g/mol. The molecule has 0 aromatic carbocycles. The lowest BCUT2D eigenvalue weighted by Gasteiger charge is -2.19. The van der Waals surface area contributed by atoms with Crippen molar-refractivity contribution >= 4 is 5.82 Å². The van der Waals surface area contributed by atoms with Crippen LogP contribution in [0.15, 0.2) is 12.3 Å². The number of hydrogen-bond acceptors (Lipinski definition) is 5. The van der Waals surface area contributed by atoms with Crippen molar-refractivity contribution in [2.75, 3.05) is 18.9 Å². The van der Waals surface area contributed by atoms with Crippen LogP contribution in [0.3, 0.4) is 0 Å². The van der Waals surface area contributed by atoms with Gasteiger partial charge in [0.2, 0.25) is 0 Å². The number of halogens is 3. The summed E-state index contributed by atoms with van der Waals surface area (Å²) < 4.78 is 40.3. The second-order valence-electron chi connectivity index (χ2n) is 4.10. The molecule has 1 heterocycles. The molecule has 0 aliphatic carbocycles. The van der Waals surface area contributed by atoms with Crippen molar-refractivity contribution in [2.45, 2.75) is 25.6 Å². The number of nitrogen functional groups attached to an aromatic ring is 1. The standard InChI is InChI=1S/C11H17F3N4O/c1-7-2-4-17-10(15)9(7)8(18-16)3-5-19-6-11(12,13)14/h2,4,8,18H,3,5-6,16H2,1H3,(H2,15,17). The van der Waals surface area contributed by atoms with Crippen molar-refractivity contribution in [1.82, 2.24) is 10.4 Å². The first-order valence-corrected chi connectivity index (χ1v) is 5.66. The molecule has 0 radical (unpaired) electrons. The lowest BCUT2D eigenvalue weighted by Crippen LogP contribution is -2.31. The van der Waals surface area contributed by atoms with Crippen LogP contribution in [0, 0.1) is 6.92 Å². The molecule has 0 saturated heterocycles. The number of pyridine rings is 1. The number of aryl methyl sites for hydroxylation is 1. The molecule has 0 saturated carbocycles. The number of nitrogens with two attached hydrogens (primary N) is 2. The number of anilines is 1. The number of nitrogens with zero attached hydrogens (tertiary/aromatic N) is 1. The first kappa shape index (κ1) is 15.7. The predicted octanol–water partition coefficient (Wildman–Crippen LogP) is 1.45. The zero-order valence-electron chi connectivity index (χ0n) is 10.5. The molecule has 19 heavy (non-hydrogen) atoms. The number of hydrazine groups is 1. The van der Waals surface area contributed by atoms with Gasteiger partial charge in [0.15, 0.2) is 0 Å². The topological polar surface area (TPSA) is 86.2 Å². The van der Waals surface area contributed by atoms with E-state index < -0.39 is 18.8 Å². The molecular formula is C11H17F3N4O. The van der Waals surface area contributed by atoms with Gasteiger partial charge < -0.3 is 10.5 Å². The fourth-order valence-corrected chi connectivity index (χ4v) is 1.74. The number of aromatic nitrogens is 1. The first-order chi connectivity index (χ1) is 8.85. The molecule has 5 N–H and O–H groups in total. The third-order valence-electron chi connectivity index (χ3n) is 2.61. The number of ether oxygens (including phenoxy) is 1. The van der Waals surface area contributed by atoms with Crippen LogP contribution in [-0.2, 0) is 4.74 Å². The Bertz CT molecular complexity index is 391. The van der Waals surface area contributed by atoms with Crippen LogP contribution >= 0.6 is 0 Å². The molecule has 1 aromatic heterocycles. The number of nitrogens with one attached hydrogen (secondary N) is 1. The molecule has 1 unspecified atom stereocenters. The van der Waals surface area contributed by atoms with E-state index in [9.17, 15) is 13.2 Å². The van der Waals surface area contributed by atoms with E-state index >= 15 is 0 Å². The van der Waals surface area contributed by atoms with Gasteiger partial charge >= 0.3 is 6.18 Å². The van der Waals surface area contributed by atoms with Crippen LogP contribution < -0.4 is 17.0 Å². The second-order valence-corrected chi connectivity index (χ2v) is 4.10. The number of hydrogen-bond donors (Lipinski definition) is 3. The summed E-state index contributed by atoms with van der Waals surface area (Å²) in [6.45, 7) is 0.474. The SMILES string of the molecule is Cc1ccnc(N)c1C(CCOCC(F)(F)F)NN. The lowest BCUT2D eigenvalue weighted by atomic mass is 10.0. The fourth-order valence-electron chi connectivity index (χ4n) is 1.74. The molecule has 8 heteroatoms. The maximum Gasteiger partial charge on any atom is 0.411 e. The molecule has 0 amide bonds. The largest absolute Gasteiger partial charge is 0.411 e. The summed E-state index contributed by atoms with van der Waals surface area (Å²) in [6.07, 6.45) is -2.50. The van der Waals surface area contributed by atoms with E-state index in [0.29, 0.717) is 11.4 Å². The minimum Gasteiger partial charge on any atom is -0.383 e. The molecule has 108 valence electrons. The Kier molecular flexibility index (Phi) is 5.52. The van der Waals surface area contributed by atoms with Crippen molar-refractivity contribution in [3.05, 3.63) is 23.4 Å². The summed E-state index contributed by atoms with van der Waals surface area (Å²) in [4.78, 5) is 3.94. The molecule has 0 spiro atoms. The van der Waals surface area contributed by atoms with Gasteiger partial charge in [-0.3, -0.25) is 11.3 Å². The van der Waals surface area contributed by atoms with Crippen LogP contribution in [0.2, 0.25) is 0 Å². The van der Waals surface area contributed by atoms with Crippen molar-refractivity contribution in [1.29, 1.82) is 0 Å². The third kappa shape index (κ3) is 5.01. The Hall–Kier alpha value is -1.38. The van der Waals surface area contributed by atoms with Gasteiger partial charge in [0.05, 0.1) is 6.04 Å². The second kappa shape index (κ2) is 6.69. The van der Waals surface area contributed by atoms with E-state index in [4.69, 9.17) is 11.6 Å². The monoisotopic (exact) mass is 278 g/mol. The van der Waals surface area contributed by atoms with Crippen LogP contribution in [0.4, 0.5) is 19.0 Å². The Morgan fingerprint density at radius 2 is 2.16 bits per heavy atom. The summed E-state index contributed by atoms with van der Waals surface area (Å²) in [7, 11) is 0. The van der Waals surface area contributed by atoms with Gasteiger partial charge in [0.1, 0.15) is 12.4 Å². The summed E-state index contributed by atoms with van der Waals surface area (Å²) in [5.74, 6) is 5.70. The zero-order chi connectivity index (χ0) is 14.5. The van der Waals surface area contributed by atoms with Gasteiger partial charge in [-0.1, -0.05) is 0 Å². The Labute approximate surface area is 109 Å². The van der Waals surface area contributed by atoms with Crippen LogP contribution in [0.25, 0.3) is 0 Å². The van der Waals surface area contributed by atoms with E-state index in [0.717, 1.165) is 5.56 Å². The van der Waals surface area contributed by atoms with Gasteiger partial charge in [-0.25, -0.2) is 4.98 Å². The highest BCUT2D eigenvalue weighted by Crippen LogP contribution is 2.24. The third-order valence-corrected chi connectivity index (χ3v) is 2.61. The lowest BCUT2D eigenvalue weighted by molar-refractivity contribution is -0.174. The van der Waals surface area contributed by atoms with Crippen LogP contribution in [0.1, 0.15) is 23.6 Å². The van der Waals surface area contributed by atoms with Crippen molar-refractivity contribution < 1.29 is 17.9 Å². The quantitative estimate of drug-likeness (QED) is 0.416. The number of alkyl halides is 3. The van der Waals surface area contributed by atoms with Gasteiger partial charge in [-0.15, -0.1) is 0 Å². The normalized spacial score (nSPS) is 13.5. The maximum atomic E-state index is 11.9. The smallest absolute Gasteiger partial charge is 0.383 e. The van der Waals surface area contributed by atoms with Gasteiger partial charge in [0, 0.05) is 18.4 Å². The molecule has 5 nitrogen and oxygen atoms in total. The molecule has 1 aromatic rings. The number of rotatable bonds is 6. The van der Waals surface area contributed by atoms with E-state index in [-0.39, 0.29) is 13.0 Å². The predicted molar refractivity (Wildman–Crippen MR) is 64.9 cm³/mol. The minimum atomic E-state index is -4.32. The Balaban J connectivity index is 2.59. The van der Waals surface area contributed by atoms with Crippen molar-refractivity contribution in [3.8, 4) is 0 Å². The molecular weight excluding hydrogens is 261 g/mol. The van der Waals surface area contributed by atoms with E-state index in [1.165, 1.54) is 0 Å². The molecule has 0 aliphatic heterocycles. The molecule has 0 bridgehead atoms. The van der Waals surface area contributed by atoms with Crippen molar-refractivity contribution in [3.63, 3.8) is 0 Å². The summed E-state index contributed by atoms with van der Waals surface area (Å²) in [6, 6.07) is 1.36. The average Bonchev–Trinajstić information content (AvgIpc) is 2.30. The molecule has 0 fully saturated rings. The van der Waals surface area contributed by atoms with Gasteiger partial charge in [0.25, 0.3) is 0 Å². The minimum absolute atomic E-state index is 0.0812. The van der Waals surface area contributed by atoms with E-state index in [2.05, 4.69) is 15.1 Å². The summed E-state index contributed by atoms with van der Waals surface area (Å²) in [5.41, 5.74) is 9.81. The van der Waals surface area contributed by atoms with E-state index in [1.54, 1.807) is 12.3 Å². The van der Waals surface area contributed by atoms with E-state index in [1.807, 2.05) is 6.92 Å². The highest BCUT2D eigenvalue weighted by molar-refractivity contribution is 5.45. The van der Waals surface area contributed by atoms with Gasteiger partial charge in [-0.2, -0.15) is 13.2 Å². The maximum absolute atomic E-state index is 11.9. The van der Waals surface area contributed by atoms with Crippen LogP contribution in [0.5, 0.6) is 0 Å². The van der Waals surface area contributed by atoms with Crippen LogP contribution in [-0.4, -0.2) is 24.4 Å². The Morgan fingerprint density at radius 1 is 1.47 bits per heavy atom. The zero-order valence-corrected chi connectivity index (χ0v) is 10.5. The summed E-state index contributed by atoms with van der Waals surface area (Å²) >= 11 is 0. The molecule has 1 atom stereocenters. The summed E-state index contributed by atoms with van der Waals surface area (Å²) in [5, 5.41) is 0. The Morgan fingerprint density at radius 3 is 2.68 bits per heavy atom. The fraction of sp³-hybridized carbons (Fsp3) is 0.545. The molecule has 0 aliphatic rings. The highest BCUT2D eigenvalue weighted by Gasteiger charge is 2.27. The highest BCUT2D eigenvalue weighted by atomic mass is 19.4.